The molecule has 2 N–H and O–H groups in total. The summed E-state index contributed by atoms with van der Waals surface area (Å²) in [5.41, 5.74) is 0.205. The Morgan fingerprint density at radius 1 is 1.38 bits per heavy atom. The van der Waals surface area contributed by atoms with E-state index in [1.807, 2.05) is 13.8 Å². The van der Waals surface area contributed by atoms with Gasteiger partial charge in [0.1, 0.15) is 5.75 Å². The maximum absolute atomic E-state index is 12.5. The van der Waals surface area contributed by atoms with Gasteiger partial charge in [0.05, 0.1) is 10.6 Å². The summed E-state index contributed by atoms with van der Waals surface area (Å²) in [4.78, 5) is 24.3. The van der Waals surface area contributed by atoms with E-state index in [2.05, 4.69) is 10.1 Å². The number of rotatable bonds is 5. The van der Waals surface area contributed by atoms with Gasteiger partial charge >= 0.3 is 12.6 Å². The minimum absolute atomic E-state index is 0.123. The van der Waals surface area contributed by atoms with Crippen LogP contribution in [0.25, 0.3) is 0 Å². The molecule has 1 aromatic carbocycles. The van der Waals surface area contributed by atoms with Crippen LogP contribution in [-0.4, -0.2) is 28.8 Å². The van der Waals surface area contributed by atoms with Gasteiger partial charge in [-0.15, -0.1) is 11.8 Å². The van der Waals surface area contributed by atoms with Crippen LogP contribution in [0.4, 0.5) is 8.78 Å². The van der Waals surface area contributed by atoms with Gasteiger partial charge < -0.3 is 15.2 Å². The van der Waals surface area contributed by atoms with Gasteiger partial charge in [-0.3, -0.25) is 4.79 Å². The summed E-state index contributed by atoms with van der Waals surface area (Å²) in [5, 5.41) is 12.8. The second-order valence-corrected chi connectivity index (χ2v) is 8.32. The average Bonchev–Trinajstić information content (AvgIpc) is 3.04. The Balaban J connectivity index is 1.84. The van der Waals surface area contributed by atoms with Gasteiger partial charge in [0.2, 0.25) is 0 Å². The Bertz CT molecular complexity index is 778. The molecule has 1 amide bonds. The van der Waals surface area contributed by atoms with E-state index in [4.69, 9.17) is 0 Å². The summed E-state index contributed by atoms with van der Waals surface area (Å²) >= 11 is 1.37. The molecule has 0 aromatic heterocycles. The van der Waals surface area contributed by atoms with E-state index in [1.165, 1.54) is 36.0 Å². The maximum Gasteiger partial charge on any atom is 0.387 e. The van der Waals surface area contributed by atoms with Crippen LogP contribution in [0.5, 0.6) is 5.75 Å². The van der Waals surface area contributed by atoms with Crippen molar-refractivity contribution in [1.29, 1.82) is 0 Å². The molecule has 5 nitrogen and oxygen atoms in total. The molecule has 1 aliphatic heterocycles. The molecule has 1 aliphatic carbocycles. The molecule has 1 fully saturated rings. The van der Waals surface area contributed by atoms with Crippen LogP contribution in [0, 0.1) is 11.3 Å². The minimum atomic E-state index is -2.98. The third kappa shape index (κ3) is 3.56. The Morgan fingerprint density at radius 2 is 2.12 bits per heavy atom. The fourth-order valence-corrected chi connectivity index (χ4v) is 5.39. The Kier molecular flexibility index (Phi) is 4.96. The van der Waals surface area contributed by atoms with E-state index < -0.39 is 18.5 Å². The predicted octanol–water partition coefficient (Wildman–Crippen LogP) is 3.87. The second-order valence-electron chi connectivity index (χ2n) is 7.07. The Hall–Kier alpha value is -2.09. The lowest BCUT2D eigenvalue weighted by molar-refractivity contribution is -0.133. The van der Waals surface area contributed by atoms with Crippen molar-refractivity contribution < 1.29 is 28.2 Å². The first-order valence-electron chi connectivity index (χ1n) is 8.19. The van der Waals surface area contributed by atoms with Crippen LogP contribution in [0.3, 0.4) is 0 Å². The number of amides is 1. The molecule has 2 atom stereocenters. The predicted molar refractivity (Wildman–Crippen MR) is 93.1 cm³/mol. The molecule has 0 saturated heterocycles. The van der Waals surface area contributed by atoms with Crippen LogP contribution >= 0.6 is 11.8 Å². The molecule has 0 spiro atoms. The van der Waals surface area contributed by atoms with E-state index in [9.17, 15) is 23.5 Å². The number of hydrogen-bond donors (Lipinski definition) is 2. The van der Waals surface area contributed by atoms with Gasteiger partial charge in [-0.1, -0.05) is 19.9 Å². The van der Waals surface area contributed by atoms with Gasteiger partial charge in [0.15, 0.2) is 0 Å². The quantitative estimate of drug-likeness (QED) is 0.807. The number of carbonyl (C=O) groups excluding carboxylic acids is 1. The number of carbonyl (C=O) groups is 2. The van der Waals surface area contributed by atoms with Crippen molar-refractivity contribution in [1.82, 2.24) is 5.32 Å². The first-order valence-corrected chi connectivity index (χ1v) is 9.07. The number of thioether (sulfide) groups is 1. The van der Waals surface area contributed by atoms with Gasteiger partial charge in [0.25, 0.3) is 5.91 Å². The topological polar surface area (TPSA) is 75.6 Å². The van der Waals surface area contributed by atoms with Crippen LogP contribution in [0.2, 0.25) is 0 Å². The average molecular weight is 383 g/mol. The van der Waals surface area contributed by atoms with Gasteiger partial charge in [-0.2, -0.15) is 8.78 Å². The normalized spacial score (nSPS) is 23.9. The fraction of sp³-hybridized carbons (Fsp3) is 0.444. The van der Waals surface area contributed by atoms with Gasteiger partial charge in [0, 0.05) is 16.7 Å². The number of alkyl halides is 2. The number of carboxylic acid groups (broad SMARTS) is 1. The largest absolute Gasteiger partial charge is 0.478 e. The number of aliphatic carboxylic acids is 1. The van der Waals surface area contributed by atoms with Crippen molar-refractivity contribution in [3.63, 3.8) is 0 Å². The van der Waals surface area contributed by atoms with Crippen LogP contribution in [-0.2, 0) is 4.79 Å². The first-order chi connectivity index (χ1) is 12.2. The highest BCUT2D eigenvalue weighted by molar-refractivity contribution is 8.04. The zero-order chi connectivity index (χ0) is 19.1. The van der Waals surface area contributed by atoms with Crippen molar-refractivity contribution >= 4 is 23.6 Å². The zero-order valence-corrected chi connectivity index (χ0v) is 15.1. The molecule has 1 saturated carbocycles. The number of hydrogen-bond acceptors (Lipinski definition) is 4. The molecular formula is C18H19F2NO4S. The van der Waals surface area contributed by atoms with E-state index >= 15 is 0 Å². The fourth-order valence-electron chi connectivity index (χ4n) is 3.72. The van der Waals surface area contributed by atoms with Gasteiger partial charge in [-0.05, 0) is 36.5 Å². The Morgan fingerprint density at radius 3 is 2.77 bits per heavy atom. The van der Waals surface area contributed by atoms with E-state index in [0.29, 0.717) is 5.03 Å². The van der Waals surface area contributed by atoms with Crippen molar-refractivity contribution in [2.75, 3.05) is 0 Å². The highest BCUT2D eigenvalue weighted by Gasteiger charge is 2.51. The number of ether oxygens (including phenoxy) is 1. The van der Waals surface area contributed by atoms with Crippen molar-refractivity contribution in [3.05, 3.63) is 40.4 Å². The summed E-state index contributed by atoms with van der Waals surface area (Å²) in [7, 11) is 0. The number of benzene rings is 1. The molecule has 26 heavy (non-hydrogen) atoms. The standard InChI is InChI=1S/C18H19F2NO4S/c1-18(2)7-6-11-13(18)12(16(23)24)15(26-11)21-14(22)9-4-3-5-10(8-9)25-17(19)20/h3-5,8,11,13,17H,6-7H2,1-2H3,(H,21,22)(H,23,24). The molecule has 1 heterocycles. The molecule has 3 rings (SSSR count). The minimum Gasteiger partial charge on any atom is -0.478 e. The smallest absolute Gasteiger partial charge is 0.387 e. The van der Waals surface area contributed by atoms with Gasteiger partial charge in [-0.25, -0.2) is 4.79 Å². The van der Waals surface area contributed by atoms with Crippen molar-refractivity contribution in [3.8, 4) is 5.75 Å². The highest BCUT2D eigenvalue weighted by atomic mass is 32.2. The lowest BCUT2D eigenvalue weighted by Crippen LogP contribution is -2.28. The summed E-state index contributed by atoms with van der Waals surface area (Å²) in [5.74, 6) is -1.85. The monoisotopic (exact) mass is 383 g/mol. The maximum atomic E-state index is 12.5. The van der Waals surface area contributed by atoms with Crippen LogP contribution < -0.4 is 10.1 Å². The first kappa shape index (κ1) is 18.7. The van der Waals surface area contributed by atoms with Crippen molar-refractivity contribution in [2.24, 2.45) is 11.3 Å². The number of nitrogens with one attached hydrogen (secondary N) is 1. The molecule has 2 aliphatic rings. The molecule has 1 aromatic rings. The SMILES string of the molecule is CC1(C)CCC2SC(NC(=O)c3cccc(OC(F)F)c3)=C(C(=O)O)C21. The summed E-state index contributed by atoms with van der Waals surface area (Å²) in [6, 6.07) is 5.41. The highest BCUT2D eigenvalue weighted by Crippen LogP contribution is 2.57. The third-order valence-electron chi connectivity index (χ3n) is 4.89. The zero-order valence-electron chi connectivity index (χ0n) is 14.3. The lowest BCUT2D eigenvalue weighted by Gasteiger charge is -2.26. The number of halogens is 2. The number of carboxylic acids is 1. The summed E-state index contributed by atoms with van der Waals surface area (Å²) in [6.07, 6.45) is 1.82. The van der Waals surface area contributed by atoms with E-state index in [0.717, 1.165) is 12.8 Å². The molecule has 2 unspecified atom stereocenters. The van der Waals surface area contributed by atoms with Crippen molar-refractivity contribution in [2.45, 2.75) is 38.6 Å². The van der Waals surface area contributed by atoms with Crippen LogP contribution in [0.15, 0.2) is 34.9 Å². The van der Waals surface area contributed by atoms with Crippen LogP contribution in [0.1, 0.15) is 37.0 Å². The summed E-state index contributed by atoms with van der Waals surface area (Å²) < 4.78 is 29.0. The van der Waals surface area contributed by atoms with E-state index in [-0.39, 0.29) is 33.5 Å². The molecule has 8 heteroatoms. The second kappa shape index (κ2) is 6.90. The summed E-state index contributed by atoms with van der Waals surface area (Å²) in [6.45, 7) is 1.09. The molecule has 0 radical (unpaired) electrons. The Labute approximate surface area is 153 Å². The van der Waals surface area contributed by atoms with E-state index in [1.54, 1.807) is 0 Å². The molecular weight excluding hydrogens is 364 g/mol. The number of fused-ring (bicyclic) bond motifs is 1. The molecule has 0 bridgehead atoms. The third-order valence-corrected chi connectivity index (χ3v) is 6.26. The molecule has 140 valence electrons. The lowest BCUT2D eigenvalue weighted by atomic mass is 9.77.